The Labute approximate surface area is 157 Å². The highest BCUT2D eigenvalue weighted by molar-refractivity contribution is 7.16. The van der Waals surface area contributed by atoms with Gasteiger partial charge in [0.2, 0.25) is 5.91 Å². The van der Waals surface area contributed by atoms with Crippen LogP contribution >= 0.6 is 11.3 Å². The molecule has 4 rings (SSSR count). The van der Waals surface area contributed by atoms with Gasteiger partial charge >= 0.3 is 0 Å². The van der Waals surface area contributed by atoms with Crippen molar-refractivity contribution in [2.75, 3.05) is 26.2 Å². The van der Waals surface area contributed by atoms with Gasteiger partial charge in [-0.25, -0.2) is 4.39 Å². The molecule has 1 unspecified atom stereocenters. The van der Waals surface area contributed by atoms with Crippen LogP contribution in [-0.4, -0.2) is 47.9 Å². The Balaban J connectivity index is 1.36. The average Bonchev–Trinajstić information content (AvgIpc) is 3.41. The molecule has 0 aliphatic carbocycles. The number of nitrogens with zero attached hydrogens (tertiary/aromatic N) is 2. The normalized spacial score (nSPS) is 21.1. The highest BCUT2D eigenvalue weighted by atomic mass is 32.1. The van der Waals surface area contributed by atoms with Crippen molar-refractivity contribution in [2.24, 2.45) is 0 Å². The molecule has 1 aromatic carbocycles. The molecule has 3 nitrogen and oxygen atoms in total. The van der Waals surface area contributed by atoms with E-state index in [2.05, 4.69) is 4.90 Å². The minimum absolute atomic E-state index is 0.100. The van der Waals surface area contributed by atoms with E-state index in [1.165, 1.54) is 38.1 Å². The van der Waals surface area contributed by atoms with Crippen molar-refractivity contribution >= 4 is 23.3 Å². The number of likely N-dealkylation sites (tertiary alicyclic amines) is 2. The number of rotatable bonds is 4. The van der Waals surface area contributed by atoms with Crippen molar-refractivity contribution in [3.05, 3.63) is 53.2 Å². The topological polar surface area (TPSA) is 23.6 Å². The first kappa shape index (κ1) is 17.4. The SMILES string of the molecule is O=C(/C=C/c1ccc(-c2ccc(F)cc2)s1)N1CCC(N2CCCC2)C1. The van der Waals surface area contributed by atoms with E-state index in [0.717, 1.165) is 34.8 Å². The van der Waals surface area contributed by atoms with Gasteiger partial charge in [0.25, 0.3) is 0 Å². The molecule has 2 saturated heterocycles. The third-order valence-corrected chi connectivity index (χ3v) is 6.38. The zero-order valence-corrected chi connectivity index (χ0v) is 15.6. The van der Waals surface area contributed by atoms with Gasteiger partial charge in [0.1, 0.15) is 5.82 Å². The third-order valence-electron chi connectivity index (χ3n) is 5.28. The lowest BCUT2D eigenvalue weighted by atomic mass is 10.2. The number of carbonyl (C=O) groups excluding carboxylic acids is 1. The highest BCUT2D eigenvalue weighted by Crippen LogP contribution is 2.29. The molecule has 136 valence electrons. The summed E-state index contributed by atoms with van der Waals surface area (Å²) in [5.74, 6) is -0.128. The lowest BCUT2D eigenvalue weighted by Crippen LogP contribution is -2.36. The average molecular weight is 370 g/mol. The number of benzene rings is 1. The first-order valence-corrected chi connectivity index (χ1v) is 10.1. The number of amides is 1. The Morgan fingerprint density at radius 3 is 2.62 bits per heavy atom. The van der Waals surface area contributed by atoms with Crippen LogP contribution in [0.25, 0.3) is 16.5 Å². The molecule has 2 aliphatic rings. The molecule has 5 heteroatoms. The summed E-state index contributed by atoms with van der Waals surface area (Å²) in [5, 5.41) is 0. The number of hydrogen-bond donors (Lipinski definition) is 0. The Morgan fingerprint density at radius 2 is 1.85 bits per heavy atom. The molecule has 26 heavy (non-hydrogen) atoms. The number of thiophene rings is 1. The first-order chi connectivity index (χ1) is 12.7. The van der Waals surface area contributed by atoms with Gasteiger partial charge in [-0.05, 0) is 68.3 Å². The molecule has 0 saturated carbocycles. The van der Waals surface area contributed by atoms with Gasteiger partial charge in [-0.1, -0.05) is 12.1 Å². The van der Waals surface area contributed by atoms with Gasteiger partial charge in [-0.2, -0.15) is 0 Å². The quantitative estimate of drug-likeness (QED) is 0.751. The summed E-state index contributed by atoms with van der Waals surface area (Å²) < 4.78 is 13.0. The van der Waals surface area contributed by atoms with E-state index in [0.29, 0.717) is 6.04 Å². The molecule has 0 spiro atoms. The molecule has 0 radical (unpaired) electrons. The fraction of sp³-hybridized carbons (Fsp3) is 0.381. The van der Waals surface area contributed by atoms with Crippen molar-refractivity contribution in [3.8, 4) is 10.4 Å². The van der Waals surface area contributed by atoms with Crippen LogP contribution in [0.4, 0.5) is 4.39 Å². The van der Waals surface area contributed by atoms with Gasteiger partial charge in [-0.15, -0.1) is 11.3 Å². The minimum atomic E-state index is -0.228. The summed E-state index contributed by atoms with van der Waals surface area (Å²) >= 11 is 1.61. The van der Waals surface area contributed by atoms with Crippen LogP contribution in [0.2, 0.25) is 0 Å². The second kappa shape index (κ2) is 7.72. The minimum Gasteiger partial charge on any atom is -0.338 e. The van der Waals surface area contributed by atoms with E-state index >= 15 is 0 Å². The Morgan fingerprint density at radius 1 is 1.08 bits per heavy atom. The lowest BCUT2D eigenvalue weighted by molar-refractivity contribution is -0.125. The van der Waals surface area contributed by atoms with Crippen LogP contribution in [0.5, 0.6) is 0 Å². The van der Waals surface area contributed by atoms with Crippen LogP contribution in [0.3, 0.4) is 0 Å². The molecular formula is C21H23FN2OS. The van der Waals surface area contributed by atoms with Crippen LogP contribution in [0.1, 0.15) is 24.1 Å². The maximum Gasteiger partial charge on any atom is 0.246 e. The van der Waals surface area contributed by atoms with Crippen molar-refractivity contribution in [1.82, 2.24) is 9.80 Å². The van der Waals surface area contributed by atoms with E-state index in [4.69, 9.17) is 0 Å². The predicted molar refractivity (Wildman–Crippen MR) is 105 cm³/mol. The number of hydrogen-bond acceptors (Lipinski definition) is 3. The zero-order chi connectivity index (χ0) is 17.9. The molecule has 2 fully saturated rings. The summed E-state index contributed by atoms with van der Waals surface area (Å²) in [6.07, 6.45) is 7.25. The van der Waals surface area contributed by atoms with Gasteiger partial charge in [0.05, 0.1) is 0 Å². The van der Waals surface area contributed by atoms with Gasteiger partial charge < -0.3 is 4.90 Å². The second-order valence-corrected chi connectivity index (χ2v) is 8.13. The van der Waals surface area contributed by atoms with Crippen molar-refractivity contribution in [3.63, 3.8) is 0 Å². The van der Waals surface area contributed by atoms with Gasteiger partial charge in [0, 0.05) is 35.0 Å². The van der Waals surface area contributed by atoms with E-state index in [1.54, 1.807) is 29.5 Å². The molecule has 2 aliphatic heterocycles. The van der Waals surface area contributed by atoms with Crippen LogP contribution < -0.4 is 0 Å². The van der Waals surface area contributed by atoms with Crippen LogP contribution in [-0.2, 0) is 4.79 Å². The van der Waals surface area contributed by atoms with E-state index in [9.17, 15) is 9.18 Å². The first-order valence-electron chi connectivity index (χ1n) is 9.26. The summed E-state index contributed by atoms with van der Waals surface area (Å²) in [6, 6.07) is 11.1. The summed E-state index contributed by atoms with van der Waals surface area (Å²) in [5.41, 5.74) is 0.996. The Hall–Kier alpha value is -1.98. The highest BCUT2D eigenvalue weighted by Gasteiger charge is 2.30. The Bertz CT molecular complexity index is 793. The summed E-state index contributed by atoms with van der Waals surface area (Å²) in [6.45, 7) is 4.08. The predicted octanol–water partition coefficient (Wildman–Crippen LogP) is 4.26. The standard InChI is InChI=1S/C21H23FN2OS/c22-17-5-3-16(4-6-17)20-9-7-19(26-20)8-10-21(25)24-14-11-18(15-24)23-12-1-2-13-23/h3-10,18H,1-2,11-15H2/b10-8+. The van der Waals surface area contributed by atoms with E-state index in [1.807, 2.05) is 23.1 Å². The van der Waals surface area contributed by atoms with Gasteiger partial charge in [-0.3, -0.25) is 9.69 Å². The third kappa shape index (κ3) is 3.89. The summed E-state index contributed by atoms with van der Waals surface area (Å²) in [7, 11) is 0. The monoisotopic (exact) mass is 370 g/mol. The zero-order valence-electron chi connectivity index (χ0n) is 14.7. The molecule has 0 bridgehead atoms. The summed E-state index contributed by atoms with van der Waals surface area (Å²) in [4.78, 5) is 19.1. The smallest absolute Gasteiger partial charge is 0.246 e. The molecule has 0 N–H and O–H groups in total. The largest absolute Gasteiger partial charge is 0.338 e. The van der Waals surface area contributed by atoms with Crippen LogP contribution in [0.15, 0.2) is 42.5 Å². The molecule has 2 aromatic rings. The van der Waals surface area contributed by atoms with Crippen molar-refractivity contribution in [2.45, 2.75) is 25.3 Å². The van der Waals surface area contributed by atoms with E-state index in [-0.39, 0.29) is 11.7 Å². The molecule has 3 heterocycles. The Kier molecular flexibility index (Phi) is 5.18. The lowest BCUT2D eigenvalue weighted by Gasteiger charge is -2.23. The molecule has 1 atom stereocenters. The maximum absolute atomic E-state index is 13.0. The maximum atomic E-state index is 13.0. The van der Waals surface area contributed by atoms with E-state index < -0.39 is 0 Å². The number of halogens is 1. The van der Waals surface area contributed by atoms with Gasteiger partial charge in [0.15, 0.2) is 0 Å². The number of carbonyl (C=O) groups is 1. The second-order valence-electron chi connectivity index (χ2n) is 7.01. The molecule has 1 amide bonds. The fourth-order valence-corrected chi connectivity index (χ4v) is 4.73. The van der Waals surface area contributed by atoms with Crippen LogP contribution in [0, 0.1) is 5.82 Å². The molecular weight excluding hydrogens is 347 g/mol. The fourth-order valence-electron chi connectivity index (χ4n) is 3.82. The molecule has 1 aromatic heterocycles. The van der Waals surface area contributed by atoms with Crippen molar-refractivity contribution in [1.29, 1.82) is 0 Å². The van der Waals surface area contributed by atoms with Crippen molar-refractivity contribution < 1.29 is 9.18 Å².